The minimum Gasteiger partial charge on any atom is -0.367 e. The Bertz CT molecular complexity index is 382. The number of nitrogens with zero attached hydrogens (tertiary/aromatic N) is 2. The minimum atomic E-state index is 0.269. The molecular weight excluding hydrogens is 206 g/mol. The average molecular weight is 219 g/mol. The van der Waals surface area contributed by atoms with Crippen LogP contribution in [0.15, 0.2) is 28.6 Å². The molecule has 1 aromatic rings. The molecule has 0 aliphatic rings. The van der Waals surface area contributed by atoms with E-state index < -0.39 is 0 Å². The molecule has 3 nitrogen and oxygen atoms in total. The maximum atomic E-state index is 8.50. The number of nitriles is 1. The summed E-state index contributed by atoms with van der Waals surface area (Å²) in [6.45, 7) is 4.01. The molecule has 0 fully saturated rings. The number of hydrogen-bond donors (Lipinski definition) is 1. The summed E-state index contributed by atoms with van der Waals surface area (Å²) in [5, 5.41) is 13.6. The molecule has 4 heteroatoms. The molecule has 0 bridgehead atoms. The number of thiophene rings is 1. The van der Waals surface area contributed by atoms with Crippen LogP contribution < -0.4 is 5.32 Å². The average Bonchev–Trinajstić information content (AvgIpc) is 2.66. The summed E-state index contributed by atoms with van der Waals surface area (Å²) in [6, 6.07) is 4.27. The van der Waals surface area contributed by atoms with E-state index in [1.165, 1.54) is 0 Å². The molecule has 0 aromatic carbocycles. The molecular formula is C11H13N3S. The van der Waals surface area contributed by atoms with E-state index in [1.807, 2.05) is 43.5 Å². The smallest absolute Gasteiger partial charge is 0.207 e. The summed E-state index contributed by atoms with van der Waals surface area (Å²) in [5.74, 6) is 0.598. The Morgan fingerprint density at radius 1 is 1.67 bits per heavy atom. The zero-order valence-electron chi connectivity index (χ0n) is 8.77. The van der Waals surface area contributed by atoms with Crippen LogP contribution in [0.4, 0.5) is 0 Å². The predicted octanol–water partition coefficient (Wildman–Crippen LogP) is 2.64. The van der Waals surface area contributed by atoms with Crippen LogP contribution in [0.1, 0.15) is 18.7 Å². The fraction of sp³-hybridized carbons (Fsp3) is 0.273. The van der Waals surface area contributed by atoms with Crippen molar-refractivity contribution in [1.82, 2.24) is 5.32 Å². The van der Waals surface area contributed by atoms with Crippen molar-refractivity contribution in [2.24, 2.45) is 4.99 Å². The Balaban J connectivity index is 2.68. The van der Waals surface area contributed by atoms with Gasteiger partial charge in [0, 0.05) is 10.9 Å². The van der Waals surface area contributed by atoms with Gasteiger partial charge in [0.1, 0.15) is 5.84 Å². The van der Waals surface area contributed by atoms with Gasteiger partial charge in [0.25, 0.3) is 0 Å². The lowest BCUT2D eigenvalue weighted by Gasteiger charge is -2.07. The summed E-state index contributed by atoms with van der Waals surface area (Å²) < 4.78 is 0. The summed E-state index contributed by atoms with van der Waals surface area (Å²) in [5.41, 5.74) is 0. The first-order valence-corrected chi connectivity index (χ1v) is 5.55. The van der Waals surface area contributed by atoms with Crippen LogP contribution in [0.25, 0.3) is 6.08 Å². The SMILES string of the molecule is CC(C)NC(C=Cc1cccs1)=NC#N. The lowest BCUT2D eigenvalue weighted by atomic mass is 10.3. The van der Waals surface area contributed by atoms with Crippen molar-refractivity contribution in [2.45, 2.75) is 19.9 Å². The molecule has 0 amide bonds. The van der Waals surface area contributed by atoms with Crippen LogP contribution in [-0.4, -0.2) is 11.9 Å². The molecule has 1 rings (SSSR count). The van der Waals surface area contributed by atoms with Crippen LogP contribution in [0.2, 0.25) is 0 Å². The monoisotopic (exact) mass is 219 g/mol. The Hall–Kier alpha value is -1.60. The minimum absolute atomic E-state index is 0.269. The van der Waals surface area contributed by atoms with Gasteiger partial charge in [-0.2, -0.15) is 10.3 Å². The van der Waals surface area contributed by atoms with Crippen molar-refractivity contribution in [3.05, 3.63) is 28.5 Å². The molecule has 1 aromatic heterocycles. The van der Waals surface area contributed by atoms with E-state index in [2.05, 4.69) is 10.3 Å². The van der Waals surface area contributed by atoms with E-state index in [-0.39, 0.29) is 6.04 Å². The van der Waals surface area contributed by atoms with Gasteiger partial charge in [-0.15, -0.1) is 11.3 Å². The largest absolute Gasteiger partial charge is 0.367 e. The van der Waals surface area contributed by atoms with Crippen molar-refractivity contribution < 1.29 is 0 Å². The van der Waals surface area contributed by atoms with Gasteiger partial charge < -0.3 is 5.32 Å². The van der Waals surface area contributed by atoms with E-state index in [9.17, 15) is 0 Å². The van der Waals surface area contributed by atoms with E-state index in [0.29, 0.717) is 5.84 Å². The highest BCUT2D eigenvalue weighted by atomic mass is 32.1. The van der Waals surface area contributed by atoms with Crippen molar-refractivity contribution in [1.29, 1.82) is 5.26 Å². The predicted molar refractivity (Wildman–Crippen MR) is 64.7 cm³/mol. The molecule has 0 radical (unpaired) electrons. The Labute approximate surface area is 93.8 Å². The van der Waals surface area contributed by atoms with Gasteiger partial charge in [0.2, 0.25) is 6.19 Å². The first-order valence-electron chi connectivity index (χ1n) is 4.67. The van der Waals surface area contributed by atoms with E-state index in [0.717, 1.165) is 4.88 Å². The van der Waals surface area contributed by atoms with Crippen molar-refractivity contribution in [2.75, 3.05) is 0 Å². The quantitative estimate of drug-likeness (QED) is 0.482. The van der Waals surface area contributed by atoms with Crippen LogP contribution in [-0.2, 0) is 0 Å². The highest BCUT2D eigenvalue weighted by Crippen LogP contribution is 2.09. The molecule has 0 saturated heterocycles. The van der Waals surface area contributed by atoms with Crippen molar-refractivity contribution in [3.63, 3.8) is 0 Å². The molecule has 0 aliphatic carbocycles. The number of aliphatic imine (C=N–C) groups is 1. The number of nitrogens with one attached hydrogen (secondary N) is 1. The zero-order valence-corrected chi connectivity index (χ0v) is 9.58. The van der Waals surface area contributed by atoms with E-state index >= 15 is 0 Å². The van der Waals surface area contributed by atoms with Gasteiger partial charge in [-0.3, -0.25) is 0 Å². The second-order valence-corrected chi connectivity index (χ2v) is 4.22. The van der Waals surface area contributed by atoms with Gasteiger partial charge in [0.15, 0.2) is 0 Å². The summed E-state index contributed by atoms with van der Waals surface area (Å²) in [7, 11) is 0. The van der Waals surface area contributed by atoms with Crippen LogP contribution in [0.3, 0.4) is 0 Å². The molecule has 15 heavy (non-hydrogen) atoms. The third-order valence-electron chi connectivity index (χ3n) is 1.56. The fourth-order valence-electron chi connectivity index (χ4n) is 1.01. The van der Waals surface area contributed by atoms with Crippen LogP contribution >= 0.6 is 11.3 Å². The highest BCUT2D eigenvalue weighted by Gasteiger charge is 1.96. The third kappa shape index (κ3) is 4.43. The molecule has 78 valence electrons. The Morgan fingerprint density at radius 2 is 2.47 bits per heavy atom. The van der Waals surface area contributed by atoms with Gasteiger partial charge in [-0.05, 0) is 37.4 Å². The summed E-state index contributed by atoms with van der Waals surface area (Å²) in [6.07, 6.45) is 5.54. The Kier molecular flexibility index (Phi) is 4.58. The first kappa shape index (κ1) is 11.5. The van der Waals surface area contributed by atoms with Gasteiger partial charge in [-0.1, -0.05) is 6.07 Å². The topological polar surface area (TPSA) is 48.2 Å². The molecule has 1 N–H and O–H groups in total. The standard InChI is InChI=1S/C11H13N3S/c1-9(2)14-11(13-8-12)6-5-10-4-3-7-15-10/h3-7,9H,1-2H3,(H,13,14). The van der Waals surface area contributed by atoms with Crippen LogP contribution in [0, 0.1) is 11.5 Å². The van der Waals surface area contributed by atoms with Crippen molar-refractivity contribution in [3.8, 4) is 6.19 Å². The van der Waals surface area contributed by atoms with Gasteiger partial charge in [0.05, 0.1) is 0 Å². The van der Waals surface area contributed by atoms with Crippen LogP contribution in [0.5, 0.6) is 0 Å². The number of amidine groups is 1. The lowest BCUT2D eigenvalue weighted by Crippen LogP contribution is -2.28. The lowest BCUT2D eigenvalue weighted by molar-refractivity contribution is 0.735. The van der Waals surface area contributed by atoms with Gasteiger partial charge in [-0.25, -0.2) is 0 Å². The molecule has 1 heterocycles. The van der Waals surface area contributed by atoms with Crippen molar-refractivity contribution >= 4 is 23.2 Å². The normalized spacial score (nSPS) is 12.0. The maximum absolute atomic E-state index is 8.50. The van der Waals surface area contributed by atoms with E-state index in [1.54, 1.807) is 17.5 Å². The first-order chi connectivity index (χ1) is 7.22. The highest BCUT2D eigenvalue weighted by molar-refractivity contribution is 7.10. The molecule has 0 unspecified atom stereocenters. The Morgan fingerprint density at radius 3 is 3.00 bits per heavy atom. The second-order valence-electron chi connectivity index (χ2n) is 3.24. The zero-order chi connectivity index (χ0) is 11.1. The number of rotatable bonds is 3. The molecule has 0 aliphatic heterocycles. The van der Waals surface area contributed by atoms with Gasteiger partial charge >= 0.3 is 0 Å². The van der Waals surface area contributed by atoms with E-state index in [4.69, 9.17) is 5.26 Å². The fourth-order valence-corrected chi connectivity index (χ4v) is 1.63. The summed E-state index contributed by atoms with van der Waals surface area (Å²) >= 11 is 1.65. The molecule has 0 spiro atoms. The summed E-state index contributed by atoms with van der Waals surface area (Å²) in [4.78, 5) is 4.84. The second kappa shape index (κ2) is 5.99. The molecule has 0 saturated carbocycles. The number of hydrogen-bond acceptors (Lipinski definition) is 3. The third-order valence-corrected chi connectivity index (χ3v) is 2.39. The maximum Gasteiger partial charge on any atom is 0.207 e. The molecule has 0 atom stereocenters.